The van der Waals surface area contributed by atoms with Gasteiger partial charge in [-0.15, -0.1) is 0 Å². The molecule has 1 aliphatic rings. The zero-order valence-corrected chi connectivity index (χ0v) is 32.9. The fourth-order valence-corrected chi connectivity index (χ4v) is 9.03. The lowest BCUT2D eigenvalue weighted by atomic mass is 9.82. The second-order valence-corrected chi connectivity index (χ2v) is 16.0. The molecule has 10 aromatic rings. The summed E-state index contributed by atoms with van der Waals surface area (Å²) >= 11 is 0. The number of hydrogen-bond acceptors (Lipinski definition) is 3. The van der Waals surface area contributed by atoms with Crippen molar-refractivity contribution in [2.45, 2.75) is 19.3 Å². The second kappa shape index (κ2) is 13.9. The van der Waals surface area contributed by atoms with Crippen LogP contribution in [0.25, 0.3) is 100 Å². The summed E-state index contributed by atoms with van der Waals surface area (Å²) in [6.45, 7) is 4.66. The average molecular weight is 754 g/mol. The molecule has 278 valence electrons. The summed E-state index contributed by atoms with van der Waals surface area (Å²) in [5, 5.41) is 3.41. The molecule has 3 nitrogen and oxygen atoms in total. The Morgan fingerprint density at radius 3 is 1.64 bits per heavy atom. The molecule has 2 heterocycles. The third-order valence-electron chi connectivity index (χ3n) is 12.1. The molecule has 3 heteroatoms. The first-order chi connectivity index (χ1) is 29.0. The number of benzene rings is 8. The molecule has 0 fully saturated rings. The van der Waals surface area contributed by atoms with Crippen molar-refractivity contribution in [2.75, 3.05) is 0 Å². The van der Waals surface area contributed by atoms with Crippen molar-refractivity contribution in [3.63, 3.8) is 0 Å². The van der Waals surface area contributed by atoms with Gasteiger partial charge in [0.1, 0.15) is 0 Å². The first-order valence-corrected chi connectivity index (χ1v) is 20.3. The lowest BCUT2D eigenvalue weighted by Crippen LogP contribution is -2.14. The van der Waals surface area contributed by atoms with Gasteiger partial charge in [0, 0.05) is 33.1 Å². The van der Waals surface area contributed by atoms with Crippen LogP contribution in [0.1, 0.15) is 25.0 Å². The van der Waals surface area contributed by atoms with Gasteiger partial charge in [-0.2, -0.15) is 0 Å². The maximum atomic E-state index is 5.39. The van der Waals surface area contributed by atoms with E-state index in [0.717, 1.165) is 72.3 Å². The molecule has 0 saturated heterocycles. The molecule has 0 N–H and O–H groups in total. The molecule has 11 rings (SSSR count). The Hall–Kier alpha value is -7.49. The van der Waals surface area contributed by atoms with Crippen LogP contribution in [-0.2, 0) is 5.41 Å². The van der Waals surface area contributed by atoms with Gasteiger partial charge in [0.15, 0.2) is 5.82 Å². The molecule has 8 aromatic carbocycles. The minimum absolute atomic E-state index is 0.142. The van der Waals surface area contributed by atoms with E-state index in [9.17, 15) is 0 Å². The van der Waals surface area contributed by atoms with Crippen molar-refractivity contribution in [3.8, 4) is 78.5 Å². The highest BCUT2D eigenvalue weighted by Gasteiger charge is 2.36. The van der Waals surface area contributed by atoms with Crippen molar-refractivity contribution in [1.82, 2.24) is 15.0 Å². The van der Waals surface area contributed by atoms with Crippen LogP contribution in [-0.4, -0.2) is 15.0 Å². The molecule has 2 aromatic heterocycles. The molecule has 0 saturated carbocycles. The molecule has 0 spiro atoms. The molecule has 0 unspecified atom stereocenters. The summed E-state index contributed by atoms with van der Waals surface area (Å²) < 4.78 is 0. The molecule has 0 radical (unpaired) electrons. The Bertz CT molecular complexity index is 3220. The zero-order valence-electron chi connectivity index (χ0n) is 32.9. The maximum absolute atomic E-state index is 5.39. The monoisotopic (exact) mass is 753 g/mol. The third-order valence-corrected chi connectivity index (χ3v) is 12.1. The van der Waals surface area contributed by atoms with Gasteiger partial charge in [0.2, 0.25) is 0 Å². The van der Waals surface area contributed by atoms with Gasteiger partial charge in [0.05, 0.1) is 22.6 Å². The molecule has 1 aliphatic carbocycles. The first-order valence-electron chi connectivity index (χ1n) is 20.3. The smallest absolute Gasteiger partial charge is 0.160 e. The van der Waals surface area contributed by atoms with Gasteiger partial charge < -0.3 is 0 Å². The molecular formula is C56H39N3. The molecular weight excluding hydrogens is 715 g/mol. The minimum atomic E-state index is -0.142. The summed E-state index contributed by atoms with van der Waals surface area (Å²) in [5.74, 6) is 0.677. The maximum Gasteiger partial charge on any atom is 0.160 e. The second-order valence-electron chi connectivity index (χ2n) is 16.0. The van der Waals surface area contributed by atoms with Crippen molar-refractivity contribution < 1.29 is 0 Å². The standard InChI is InChI=1S/C56H39N3/c1-56(2)49-28-15-14-27-44(49)47-32-48-46(33-51(37-19-8-4-9-20-37)57-54(48)34-50(47)56)45-31-42(30-40-23-12-13-26-43(40)45)55-58-52(38-21-10-5-11-22-38)35-53(59-55)41-25-16-24-39(29-41)36-17-6-3-7-18-36/h3-35H,1-2H3. The van der Waals surface area contributed by atoms with E-state index < -0.39 is 0 Å². The lowest BCUT2D eigenvalue weighted by molar-refractivity contribution is 0.661. The Morgan fingerprint density at radius 1 is 0.322 bits per heavy atom. The van der Waals surface area contributed by atoms with Crippen LogP contribution in [0.5, 0.6) is 0 Å². The van der Waals surface area contributed by atoms with Crippen LogP contribution in [0.2, 0.25) is 0 Å². The Labute approximate surface area is 344 Å². The first kappa shape index (κ1) is 34.7. The van der Waals surface area contributed by atoms with Crippen molar-refractivity contribution in [1.29, 1.82) is 0 Å². The largest absolute Gasteiger partial charge is 0.248 e. The fraction of sp³-hybridized carbons (Fsp3) is 0.0536. The normalized spacial score (nSPS) is 12.7. The predicted molar refractivity (Wildman–Crippen MR) is 245 cm³/mol. The van der Waals surface area contributed by atoms with E-state index in [2.05, 4.69) is 208 Å². The number of nitrogens with zero attached hydrogens (tertiary/aromatic N) is 3. The molecule has 0 atom stereocenters. The summed E-state index contributed by atoms with van der Waals surface area (Å²) in [4.78, 5) is 16.1. The molecule has 0 aliphatic heterocycles. The van der Waals surface area contributed by atoms with E-state index in [-0.39, 0.29) is 5.41 Å². The van der Waals surface area contributed by atoms with Gasteiger partial charge in [-0.1, -0.05) is 172 Å². The number of pyridine rings is 1. The van der Waals surface area contributed by atoms with Gasteiger partial charge in [-0.25, -0.2) is 15.0 Å². The zero-order chi connectivity index (χ0) is 39.5. The van der Waals surface area contributed by atoms with Crippen LogP contribution in [0, 0.1) is 0 Å². The Balaban J connectivity index is 1.17. The van der Waals surface area contributed by atoms with E-state index in [0.29, 0.717) is 5.82 Å². The van der Waals surface area contributed by atoms with E-state index in [1.54, 1.807) is 0 Å². The van der Waals surface area contributed by atoms with Crippen molar-refractivity contribution >= 4 is 21.7 Å². The fourth-order valence-electron chi connectivity index (χ4n) is 9.03. The molecule has 0 amide bonds. The van der Waals surface area contributed by atoms with Crippen LogP contribution in [0.4, 0.5) is 0 Å². The summed E-state index contributed by atoms with van der Waals surface area (Å²) in [7, 11) is 0. The summed E-state index contributed by atoms with van der Waals surface area (Å²) in [6, 6.07) is 71.3. The average Bonchev–Trinajstić information content (AvgIpc) is 3.53. The number of fused-ring (bicyclic) bond motifs is 5. The number of rotatable bonds is 6. The van der Waals surface area contributed by atoms with Crippen LogP contribution >= 0.6 is 0 Å². The Kier molecular flexibility index (Phi) is 8.16. The van der Waals surface area contributed by atoms with Crippen LogP contribution in [0.3, 0.4) is 0 Å². The van der Waals surface area contributed by atoms with Gasteiger partial charge in [-0.05, 0) is 97.7 Å². The highest BCUT2D eigenvalue weighted by molar-refractivity contribution is 6.09. The highest BCUT2D eigenvalue weighted by Crippen LogP contribution is 2.51. The van der Waals surface area contributed by atoms with Gasteiger partial charge in [-0.3, -0.25) is 0 Å². The molecule has 59 heavy (non-hydrogen) atoms. The predicted octanol–water partition coefficient (Wildman–Crippen LogP) is 14.5. The van der Waals surface area contributed by atoms with Gasteiger partial charge >= 0.3 is 0 Å². The Morgan fingerprint density at radius 2 is 0.898 bits per heavy atom. The molecule has 0 bridgehead atoms. The summed E-state index contributed by atoms with van der Waals surface area (Å²) in [6.07, 6.45) is 0. The lowest BCUT2D eigenvalue weighted by Gasteiger charge is -2.22. The van der Waals surface area contributed by atoms with Gasteiger partial charge in [0.25, 0.3) is 0 Å². The van der Waals surface area contributed by atoms with E-state index in [1.165, 1.54) is 33.2 Å². The van der Waals surface area contributed by atoms with E-state index in [1.807, 2.05) is 6.07 Å². The summed E-state index contributed by atoms with van der Waals surface area (Å²) in [5.41, 5.74) is 17.5. The quantitative estimate of drug-likeness (QED) is 0.170. The van der Waals surface area contributed by atoms with E-state index in [4.69, 9.17) is 15.0 Å². The van der Waals surface area contributed by atoms with E-state index >= 15 is 0 Å². The van der Waals surface area contributed by atoms with Crippen molar-refractivity contribution in [3.05, 3.63) is 211 Å². The third kappa shape index (κ3) is 6.02. The SMILES string of the molecule is CC1(C)c2ccccc2-c2cc3c(-c4cc(-c5nc(-c6ccccc6)cc(-c6cccc(-c7ccccc7)c6)n5)cc5ccccc45)cc(-c4ccccc4)nc3cc21. The number of hydrogen-bond donors (Lipinski definition) is 0. The van der Waals surface area contributed by atoms with Crippen molar-refractivity contribution in [2.24, 2.45) is 0 Å². The minimum Gasteiger partial charge on any atom is -0.248 e. The van der Waals surface area contributed by atoms with Crippen LogP contribution < -0.4 is 0 Å². The van der Waals surface area contributed by atoms with Crippen LogP contribution in [0.15, 0.2) is 200 Å². The topological polar surface area (TPSA) is 38.7 Å². The number of aromatic nitrogens is 3. The highest BCUT2D eigenvalue weighted by atomic mass is 14.9.